The summed E-state index contributed by atoms with van der Waals surface area (Å²) >= 11 is 12.3. The van der Waals surface area contributed by atoms with E-state index in [0.717, 1.165) is 12.0 Å². The quantitative estimate of drug-likeness (QED) is 0.714. The average Bonchev–Trinajstić information content (AvgIpc) is 2.61. The Labute approximate surface area is 159 Å². The molecule has 2 aromatic carbocycles. The third-order valence-corrected chi connectivity index (χ3v) is 5.62. The molecule has 2 nitrogen and oxygen atoms in total. The number of nitrogens with one attached hydrogen (secondary N) is 1. The van der Waals surface area contributed by atoms with E-state index in [-0.39, 0.29) is 11.9 Å². The fraction of sp³-hybridized carbons (Fsp3) is 0.381. The topological polar surface area (TPSA) is 29.1 Å². The van der Waals surface area contributed by atoms with Gasteiger partial charge in [0.2, 0.25) is 5.91 Å². The minimum absolute atomic E-state index is 0.00134. The van der Waals surface area contributed by atoms with E-state index in [1.54, 1.807) is 12.1 Å². The molecule has 2 aromatic rings. The first-order chi connectivity index (χ1) is 12.0. The van der Waals surface area contributed by atoms with E-state index < -0.39 is 0 Å². The summed E-state index contributed by atoms with van der Waals surface area (Å²) in [6.07, 6.45) is 5.78. The Morgan fingerprint density at radius 2 is 1.76 bits per heavy atom. The summed E-state index contributed by atoms with van der Waals surface area (Å²) in [7, 11) is 0. The van der Waals surface area contributed by atoms with Gasteiger partial charge in [-0.3, -0.25) is 4.79 Å². The lowest BCUT2D eigenvalue weighted by atomic mass is 9.89. The van der Waals surface area contributed by atoms with Gasteiger partial charge in [-0.15, -0.1) is 0 Å². The second-order valence-corrected chi connectivity index (χ2v) is 7.54. The van der Waals surface area contributed by atoms with Crippen molar-refractivity contribution in [3.63, 3.8) is 0 Å². The number of amides is 1. The molecule has 25 heavy (non-hydrogen) atoms. The van der Waals surface area contributed by atoms with Crippen LogP contribution < -0.4 is 5.32 Å². The molecule has 4 heteroatoms. The lowest BCUT2D eigenvalue weighted by molar-refractivity contribution is -0.121. The standard InChI is InChI=1S/C21H23Cl2NO/c1-14(16-10-9-15-5-2-3-6-17(15)13-16)24-21(25)12-11-18-19(22)7-4-8-20(18)23/h4,7-10,13-14H,2-3,5-6,11-12H2,1H3,(H,24,25)/t14-/m1/s1. The molecule has 0 aliphatic heterocycles. The summed E-state index contributed by atoms with van der Waals surface area (Å²) in [5.74, 6) is 0.0150. The maximum atomic E-state index is 12.3. The highest BCUT2D eigenvalue weighted by Gasteiger charge is 2.15. The van der Waals surface area contributed by atoms with E-state index in [2.05, 4.69) is 23.5 Å². The van der Waals surface area contributed by atoms with Crippen LogP contribution in [0, 0.1) is 0 Å². The summed E-state index contributed by atoms with van der Waals surface area (Å²) in [5.41, 5.74) is 4.90. The van der Waals surface area contributed by atoms with E-state index in [9.17, 15) is 4.79 Å². The SMILES string of the molecule is C[C@@H](NC(=O)CCc1c(Cl)cccc1Cl)c1ccc2c(c1)CCCC2. The van der Waals surface area contributed by atoms with Gasteiger partial charge in [0.05, 0.1) is 6.04 Å². The Morgan fingerprint density at radius 3 is 2.48 bits per heavy atom. The number of carbonyl (C=O) groups is 1. The van der Waals surface area contributed by atoms with Gasteiger partial charge in [-0.05, 0) is 73.4 Å². The van der Waals surface area contributed by atoms with Crippen molar-refractivity contribution in [2.45, 2.75) is 51.5 Å². The lowest BCUT2D eigenvalue weighted by Gasteiger charge is -2.20. The molecule has 1 aliphatic rings. The monoisotopic (exact) mass is 375 g/mol. The zero-order chi connectivity index (χ0) is 17.8. The van der Waals surface area contributed by atoms with Gasteiger partial charge in [-0.1, -0.05) is 47.5 Å². The van der Waals surface area contributed by atoms with E-state index in [0.29, 0.717) is 22.9 Å². The summed E-state index contributed by atoms with van der Waals surface area (Å²) in [6, 6.07) is 12.0. The van der Waals surface area contributed by atoms with E-state index >= 15 is 0 Å². The van der Waals surface area contributed by atoms with Crippen molar-refractivity contribution in [1.29, 1.82) is 0 Å². The highest BCUT2D eigenvalue weighted by Crippen LogP contribution is 2.26. The molecule has 1 aliphatic carbocycles. The maximum Gasteiger partial charge on any atom is 0.220 e. The van der Waals surface area contributed by atoms with Crippen LogP contribution in [0.15, 0.2) is 36.4 Å². The van der Waals surface area contributed by atoms with E-state index in [4.69, 9.17) is 23.2 Å². The van der Waals surface area contributed by atoms with Gasteiger partial charge in [0, 0.05) is 16.5 Å². The van der Waals surface area contributed by atoms with Crippen molar-refractivity contribution in [2.24, 2.45) is 0 Å². The molecule has 0 saturated carbocycles. The number of aryl methyl sites for hydroxylation is 2. The van der Waals surface area contributed by atoms with Gasteiger partial charge in [0.1, 0.15) is 0 Å². The van der Waals surface area contributed by atoms with Crippen molar-refractivity contribution < 1.29 is 4.79 Å². The number of fused-ring (bicyclic) bond motifs is 1. The Kier molecular flexibility index (Phi) is 6.03. The second-order valence-electron chi connectivity index (χ2n) is 6.72. The van der Waals surface area contributed by atoms with Gasteiger partial charge in [0.25, 0.3) is 0 Å². The Hall–Kier alpha value is -1.51. The molecular formula is C21H23Cl2NO. The Bertz CT molecular complexity index is 752. The number of hydrogen-bond donors (Lipinski definition) is 1. The first kappa shape index (κ1) is 18.3. The van der Waals surface area contributed by atoms with Crippen LogP contribution in [0.1, 0.15) is 54.5 Å². The molecule has 132 valence electrons. The van der Waals surface area contributed by atoms with Crippen LogP contribution in [0.5, 0.6) is 0 Å². The molecule has 0 fully saturated rings. The summed E-state index contributed by atoms with van der Waals surface area (Å²) in [5, 5.41) is 4.31. The Balaban J connectivity index is 1.59. The van der Waals surface area contributed by atoms with Crippen molar-refractivity contribution in [3.8, 4) is 0 Å². The normalized spacial score (nSPS) is 14.7. The van der Waals surface area contributed by atoms with E-state index in [1.807, 2.05) is 13.0 Å². The van der Waals surface area contributed by atoms with Crippen molar-refractivity contribution in [3.05, 3.63) is 68.7 Å². The molecular weight excluding hydrogens is 353 g/mol. The molecule has 1 amide bonds. The second kappa shape index (κ2) is 8.25. The van der Waals surface area contributed by atoms with E-state index in [1.165, 1.54) is 36.0 Å². The first-order valence-electron chi connectivity index (χ1n) is 8.88. The summed E-state index contributed by atoms with van der Waals surface area (Å²) in [4.78, 5) is 12.3. The zero-order valence-corrected chi connectivity index (χ0v) is 16.0. The smallest absolute Gasteiger partial charge is 0.220 e. The summed E-state index contributed by atoms with van der Waals surface area (Å²) < 4.78 is 0. The van der Waals surface area contributed by atoms with Crippen LogP contribution in [0.2, 0.25) is 10.0 Å². The van der Waals surface area contributed by atoms with Crippen LogP contribution >= 0.6 is 23.2 Å². The zero-order valence-electron chi connectivity index (χ0n) is 14.4. The highest BCUT2D eigenvalue weighted by atomic mass is 35.5. The predicted molar refractivity (Wildman–Crippen MR) is 104 cm³/mol. The third-order valence-electron chi connectivity index (χ3n) is 4.91. The molecule has 0 aromatic heterocycles. The lowest BCUT2D eigenvalue weighted by Crippen LogP contribution is -2.27. The number of hydrogen-bond acceptors (Lipinski definition) is 1. The summed E-state index contributed by atoms with van der Waals surface area (Å²) in [6.45, 7) is 2.03. The van der Waals surface area contributed by atoms with Crippen LogP contribution in [0.3, 0.4) is 0 Å². The molecule has 0 radical (unpaired) electrons. The minimum Gasteiger partial charge on any atom is -0.350 e. The fourth-order valence-electron chi connectivity index (χ4n) is 3.43. The molecule has 1 atom stereocenters. The first-order valence-corrected chi connectivity index (χ1v) is 9.64. The van der Waals surface area contributed by atoms with Crippen LogP contribution in [0.4, 0.5) is 0 Å². The van der Waals surface area contributed by atoms with Gasteiger partial charge in [-0.25, -0.2) is 0 Å². The maximum absolute atomic E-state index is 12.3. The van der Waals surface area contributed by atoms with Crippen molar-refractivity contribution in [1.82, 2.24) is 5.32 Å². The van der Waals surface area contributed by atoms with Crippen molar-refractivity contribution >= 4 is 29.1 Å². The fourth-order valence-corrected chi connectivity index (χ4v) is 4.02. The minimum atomic E-state index is 0.00134. The molecule has 0 spiro atoms. The molecule has 0 unspecified atom stereocenters. The van der Waals surface area contributed by atoms with Crippen LogP contribution in [-0.2, 0) is 24.1 Å². The van der Waals surface area contributed by atoms with Crippen molar-refractivity contribution in [2.75, 3.05) is 0 Å². The van der Waals surface area contributed by atoms with Gasteiger partial charge in [0.15, 0.2) is 0 Å². The largest absolute Gasteiger partial charge is 0.350 e. The van der Waals surface area contributed by atoms with Gasteiger partial charge < -0.3 is 5.32 Å². The number of benzene rings is 2. The molecule has 3 rings (SSSR count). The molecule has 0 heterocycles. The predicted octanol–water partition coefficient (Wildman–Crippen LogP) is 5.68. The van der Waals surface area contributed by atoms with Crippen LogP contribution in [-0.4, -0.2) is 5.91 Å². The van der Waals surface area contributed by atoms with Gasteiger partial charge in [-0.2, -0.15) is 0 Å². The highest BCUT2D eigenvalue weighted by molar-refractivity contribution is 6.36. The van der Waals surface area contributed by atoms with Crippen LogP contribution in [0.25, 0.3) is 0 Å². The third kappa shape index (κ3) is 4.56. The Morgan fingerprint density at radius 1 is 1.08 bits per heavy atom. The number of halogens is 2. The average molecular weight is 376 g/mol. The molecule has 0 saturated heterocycles. The molecule has 1 N–H and O–H groups in total. The van der Waals surface area contributed by atoms with Gasteiger partial charge >= 0.3 is 0 Å². The molecule has 0 bridgehead atoms. The number of rotatable bonds is 5. The number of carbonyl (C=O) groups excluding carboxylic acids is 1.